The molecule has 3 fully saturated rings. The average molecular weight is 515 g/mol. The summed E-state index contributed by atoms with van der Waals surface area (Å²) in [6, 6.07) is 1.09. The number of aliphatic hydroxyl groups is 1. The molecule has 0 aromatic carbocycles. The zero-order valence-electron chi connectivity index (χ0n) is 23.2. The number of hydrogen-bond acceptors (Lipinski definition) is 6. The first-order chi connectivity index (χ1) is 15.5. The lowest BCUT2D eigenvalue weighted by Crippen LogP contribution is -2.61. The van der Waals surface area contributed by atoms with Crippen molar-refractivity contribution in [2.75, 3.05) is 13.4 Å². The maximum atomic E-state index is 12.3. The summed E-state index contributed by atoms with van der Waals surface area (Å²) in [7, 11) is -3.21. The van der Waals surface area contributed by atoms with Gasteiger partial charge in [0, 0.05) is 26.0 Å². The third-order valence-corrected chi connectivity index (χ3v) is 15.1. The van der Waals surface area contributed by atoms with E-state index in [-0.39, 0.29) is 47.4 Å². The number of carbonyl (C=O) groups is 1. The van der Waals surface area contributed by atoms with Crippen LogP contribution in [0.1, 0.15) is 66.2 Å². The summed E-state index contributed by atoms with van der Waals surface area (Å²) in [5.74, 6) is -0.0818. The Labute approximate surface area is 209 Å². The smallest absolute Gasteiger partial charge is 0.306 e. The zero-order chi connectivity index (χ0) is 25.6. The van der Waals surface area contributed by atoms with Crippen molar-refractivity contribution in [3.63, 3.8) is 0 Å². The molecule has 2 saturated carbocycles. The molecule has 6 nitrogen and oxygen atoms in total. The summed E-state index contributed by atoms with van der Waals surface area (Å²) in [6.07, 6.45) is 3.33. The fourth-order valence-corrected chi connectivity index (χ4v) is 7.87. The largest absolute Gasteiger partial charge is 0.459 e. The van der Waals surface area contributed by atoms with E-state index >= 15 is 0 Å². The summed E-state index contributed by atoms with van der Waals surface area (Å²) in [6.45, 7) is 21.3. The molecule has 34 heavy (non-hydrogen) atoms. The molecule has 8 heteroatoms. The van der Waals surface area contributed by atoms with Gasteiger partial charge in [-0.05, 0) is 56.3 Å². The van der Waals surface area contributed by atoms with Crippen LogP contribution < -0.4 is 0 Å². The van der Waals surface area contributed by atoms with Crippen LogP contribution in [0.5, 0.6) is 0 Å². The molecule has 0 aromatic rings. The van der Waals surface area contributed by atoms with Crippen LogP contribution in [0.3, 0.4) is 0 Å². The zero-order valence-corrected chi connectivity index (χ0v) is 25.2. The van der Waals surface area contributed by atoms with E-state index in [1.165, 1.54) is 0 Å². The molecule has 0 spiro atoms. The van der Waals surface area contributed by atoms with E-state index in [2.05, 4.69) is 60.4 Å². The first-order valence-corrected chi connectivity index (χ1v) is 19.9. The lowest BCUT2D eigenvalue weighted by Gasteiger charge is -2.55. The van der Waals surface area contributed by atoms with Gasteiger partial charge in [0.25, 0.3) is 0 Å². The molecule has 3 rings (SSSR count). The van der Waals surface area contributed by atoms with Crippen molar-refractivity contribution >= 4 is 22.4 Å². The minimum absolute atomic E-state index is 0.0669. The van der Waals surface area contributed by atoms with Crippen LogP contribution in [0.15, 0.2) is 0 Å². The molecule has 1 heterocycles. The molecule has 0 aromatic heterocycles. The molecule has 3 aliphatic rings. The van der Waals surface area contributed by atoms with Crippen molar-refractivity contribution in [2.24, 2.45) is 11.3 Å². The summed E-state index contributed by atoms with van der Waals surface area (Å²) in [4.78, 5) is 12.3. The molecule has 1 unspecified atom stereocenters. The Morgan fingerprint density at radius 2 is 1.79 bits per heavy atom. The van der Waals surface area contributed by atoms with Crippen molar-refractivity contribution in [3.8, 4) is 0 Å². The second kappa shape index (κ2) is 9.90. The van der Waals surface area contributed by atoms with E-state index < -0.39 is 22.0 Å². The Balaban J connectivity index is 1.78. The normalized spacial score (nSPS) is 37.1. The van der Waals surface area contributed by atoms with Crippen LogP contribution in [0.2, 0.25) is 43.8 Å². The number of hydrogen-bond donors (Lipinski definition) is 1. The predicted octanol–water partition coefficient (Wildman–Crippen LogP) is 5.72. The fraction of sp³-hybridized carbons (Fsp3) is 0.962. The van der Waals surface area contributed by atoms with Gasteiger partial charge < -0.3 is 23.7 Å². The Bertz CT molecular complexity index is 730. The van der Waals surface area contributed by atoms with E-state index in [0.29, 0.717) is 25.9 Å². The molecule has 198 valence electrons. The molecule has 1 saturated heterocycles. The number of esters is 1. The summed E-state index contributed by atoms with van der Waals surface area (Å²) in [5, 5.41) is 12.1. The molecule has 1 N–H and O–H groups in total. The molecule has 0 amide bonds. The molecule has 2 bridgehead atoms. The highest BCUT2D eigenvalue weighted by molar-refractivity contribution is 6.76. The van der Waals surface area contributed by atoms with Crippen LogP contribution in [0, 0.1) is 11.3 Å². The van der Waals surface area contributed by atoms with Gasteiger partial charge in [-0.2, -0.15) is 0 Å². The Morgan fingerprint density at radius 1 is 1.12 bits per heavy atom. The maximum absolute atomic E-state index is 12.3. The molecule has 0 radical (unpaired) electrons. The lowest BCUT2D eigenvalue weighted by atomic mass is 9.59. The second-order valence-corrected chi connectivity index (χ2v) is 24.6. The van der Waals surface area contributed by atoms with Crippen LogP contribution >= 0.6 is 0 Å². The van der Waals surface area contributed by atoms with Gasteiger partial charge in [-0.1, -0.05) is 47.3 Å². The molecule has 1 aliphatic heterocycles. The van der Waals surface area contributed by atoms with Crippen LogP contribution in [0.4, 0.5) is 0 Å². The highest BCUT2D eigenvalue weighted by atomic mass is 28.4. The number of ether oxygens (including phenoxy) is 3. The predicted molar refractivity (Wildman–Crippen MR) is 140 cm³/mol. The number of carbonyl (C=O) groups excluding carboxylic acids is 1. The Kier molecular flexibility index (Phi) is 8.24. The van der Waals surface area contributed by atoms with Gasteiger partial charge in [0.05, 0.1) is 18.1 Å². The monoisotopic (exact) mass is 514 g/mol. The van der Waals surface area contributed by atoms with Gasteiger partial charge in [-0.25, -0.2) is 0 Å². The summed E-state index contributed by atoms with van der Waals surface area (Å²) < 4.78 is 24.9. The lowest BCUT2D eigenvalue weighted by molar-refractivity contribution is -0.220. The van der Waals surface area contributed by atoms with E-state index in [9.17, 15) is 9.90 Å². The van der Waals surface area contributed by atoms with Gasteiger partial charge >= 0.3 is 5.97 Å². The van der Waals surface area contributed by atoms with Crippen LogP contribution in [0.25, 0.3) is 0 Å². The van der Waals surface area contributed by atoms with Crippen molar-refractivity contribution < 1.29 is 28.5 Å². The van der Waals surface area contributed by atoms with E-state index in [4.69, 9.17) is 18.6 Å². The van der Waals surface area contributed by atoms with Crippen molar-refractivity contribution in [1.29, 1.82) is 0 Å². The number of fused-ring (bicyclic) bond motifs is 3. The van der Waals surface area contributed by atoms with E-state index in [1.54, 1.807) is 0 Å². The summed E-state index contributed by atoms with van der Waals surface area (Å²) >= 11 is 0. The molecular formula is C26H50O6Si2. The second-order valence-electron chi connectivity index (χ2n) is 14.2. The van der Waals surface area contributed by atoms with Gasteiger partial charge in [-0.3, -0.25) is 4.79 Å². The van der Waals surface area contributed by atoms with Crippen LogP contribution in [-0.4, -0.2) is 64.8 Å². The van der Waals surface area contributed by atoms with Crippen molar-refractivity contribution in [3.05, 3.63) is 0 Å². The van der Waals surface area contributed by atoms with Gasteiger partial charge in [0.2, 0.25) is 0 Å². The van der Waals surface area contributed by atoms with Gasteiger partial charge in [0.1, 0.15) is 19.0 Å². The fourth-order valence-electron chi connectivity index (χ4n) is 5.71. The third kappa shape index (κ3) is 6.35. The van der Waals surface area contributed by atoms with Crippen LogP contribution in [-0.2, 0) is 23.4 Å². The van der Waals surface area contributed by atoms with Gasteiger partial charge in [-0.15, -0.1) is 0 Å². The highest BCUT2D eigenvalue weighted by Crippen LogP contribution is 2.54. The highest BCUT2D eigenvalue weighted by Gasteiger charge is 2.59. The van der Waals surface area contributed by atoms with Crippen molar-refractivity contribution in [1.82, 2.24) is 0 Å². The standard InChI is InChI=1S/C26H50O6Si2/c1-24(2,3)34(8,9)32-20-11-12-25(4)17-26(20,28)13-10-19-16-21(27)31-22(19)23(25)30-18-29-14-15-33(5,6)7/h19-20,22-23,28H,10-18H2,1-9H3/t19-,20+,22+,23-,25+,26?/m0/s1. The molecule has 2 aliphatic carbocycles. The molecule has 6 atom stereocenters. The average Bonchev–Trinajstić information content (AvgIpc) is 3.03. The SMILES string of the molecule is CC(C)(C)[Si](C)(C)O[C@@H]1CC[C@]2(C)CC1(O)CC[C@H]1CC(=O)O[C@H]1[C@@H]2OCOCC[Si](C)(C)C. The number of rotatable bonds is 8. The first kappa shape index (κ1) is 28.3. The first-order valence-electron chi connectivity index (χ1n) is 13.2. The maximum Gasteiger partial charge on any atom is 0.306 e. The quantitative estimate of drug-likeness (QED) is 0.193. The van der Waals surface area contributed by atoms with Crippen molar-refractivity contribution in [2.45, 2.75) is 134 Å². The Hall–Kier alpha value is -0.256. The summed E-state index contributed by atoms with van der Waals surface area (Å²) in [5.41, 5.74) is -1.22. The topological polar surface area (TPSA) is 74.2 Å². The minimum atomic E-state index is -2.04. The van der Waals surface area contributed by atoms with Gasteiger partial charge in [0.15, 0.2) is 8.32 Å². The van der Waals surface area contributed by atoms with E-state index in [1.807, 2.05) is 0 Å². The Morgan fingerprint density at radius 3 is 2.41 bits per heavy atom. The third-order valence-electron chi connectivity index (χ3n) is 8.95. The molecular weight excluding hydrogens is 464 g/mol. The minimum Gasteiger partial charge on any atom is -0.459 e. The van der Waals surface area contributed by atoms with E-state index in [0.717, 1.165) is 25.3 Å².